The molecule has 0 saturated heterocycles. The van der Waals surface area contributed by atoms with E-state index in [9.17, 15) is 66.4 Å². The lowest BCUT2D eigenvalue weighted by Gasteiger charge is -2.23. The summed E-state index contributed by atoms with van der Waals surface area (Å²) < 4.78 is 6.19. The minimum Gasteiger partial charge on any atom is -0.504 e. The van der Waals surface area contributed by atoms with E-state index >= 15 is 0 Å². The molecule has 1 aromatic heterocycles. The van der Waals surface area contributed by atoms with Crippen LogP contribution in [-0.2, 0) is 0 Å². The summed E-state index contributed by atoms with van der Waals surface area (Å²) in [6.07, 6.45) is 0. The molecule has 9 aromatic rings. The van der Waals surface area contributed by atoms with Gasteiger partial charge >= 0.3 is 0 Å². The maximum absolute atomic E-state index is 11.9. The van der Waals surface area contributed by atoms with E-state index < -0.39 is 103 Å². The Kier molecular flexibility index (Phi) is 7.43. The number of phenols is 13. The van der Waals surface area contributed by atoms with Gasteiger partial charge in [0.25, 0.3) is 0 Å². The number of benzene rings is 8. The smallest absolute Gasteiger partial charge is 0.208 e. The normalized spacial score (nSPS) is 11.7. The number of furan rings is 1. The van der Waals surface area contributed by atoms with Crippen molar-refractivity contribution in [3.05, 3.63) is 91.0 Å². The largest absolute Gasteiger partial charge is 0.504 e. The van der Waals surface area contributed by atoms with Crippen LogP contribution in [0.4, 0.5) is 0 Å². The molecule has 0 amide bonds. The van der Waals surface area contributed by atoms with Crippen molar-refractivity contribution in [2.75, 3.05) is 0 Å². The third kappa shape index (κ3) is 4.59. The van der Waals surface area contributed by atoms with Gasteiger partial charge < -0.3 is 70.8 Å². The minimum atomic E-state index is -1.48. The molecule has 14 nitrogen and oxygen atoms in total. The van der Waals surface area contributed by atoms with Crippen LogP contribution in [0.5, 0.6) is 74.7 Å². The highest BCUT2D eigenvalue weighted by Gasteiger charge is 2.37. The number of aromatic hydroxyl groups is 13. The second-order valence-corrected chi connectivity index (χ2v) is 13.6. The molecule has 58 heavy (non-hydrogen) atoms. The van der Waals surface area contributed by atoms with Crippen LogP contribution < -0.4 is 0 Å². The predicted octanol–water partition coefficient (Wildman–Crippen LogP) is 8.73. The maximum Gasteiger partial charge on any atom is 0.208 e. The van der Waals surface area contributed by atoms with E-state index in [-0.39, 0.29) is 5.56 Å². The summed E-state index contributed by atoms with van der Waals surface area (Å²) in [6, 6.07) is 27.4. The summed E-state index contributed by atoms with van der Waals surface area (Å²) >= 11 is 0. The Labute approximate surface area is 324 Å². The van der Waals surface area contributed by atoms with Crippen LogP contribution in [0.15, 0.2) is 95.4 Å². The zero-order valence-corrected chi connectivity index (χ0v) is 29.4. The molecule has 0 fully saturated rings. The van der Waals surface area contributed by atoms with Gasteiger partial charge in [0.2, 0.25) is 28.7 Å². The molecule has 13 N–H and O–H groups in total. The third-order valence-electron chi connectivity index (χ3n) is 10.5. The van der Waals surface area contributed by atoms with Crippen molar-refractivity contribution >= 4 is 43.5 Å². The van der Waals surface area contributed by atoms with Gasteiger partial charge in [-0.1, -0.05) is 72.8 Å². The van der Waals surface area contributed by atoms with Crippen molar-refractivity contribution in [3.63, 3.8) is 0 Å². The van der Waals surface area contributed by atoms with E-state index in [1.54, 1.807) is 48.5 Å². The summed E-state index contributed by atoms with van der Waals surface area (Å²) in [4.78, 5) is 0. The summed E-state index contributed by atoms with van der Waals surface area (Å²) in [5, 5.41) is 146. The third-order valence-corrected chi connectivity index (χ3v) is 10.5. The zero-order valence-electron chi connectivity index (χ0n) is 29.4. The van der Waals surface area contributed by atoms with Gasteiger partial charge in [0.1, 0.15) is 11.2 Å². The van der Waals surface area contributed by atoms with Crippen LogP contribution >= 0.6 is 0 Å². The molecule has 0 saturated carbocycles. The zero-order chi connectivity index (χ0) is 41.1. The van der Waals surface area contributed by atoms with Gasteiger partial charge in [-0.3, -0.25) is 0 Å². The van der Waals surface area contributed by atoms with Crippen LogP contribution in [0.25, 0.3) is 88.0 Å². The van der Waals surface area contributed by atoms with E-state index in [2.05, 4.69) is 0 Å². The number of phenolic OH excluding ortho intramolecular Hbond substituents is 13. The second-order valence-electron chi connectivity index (χ2n) is 13.6. The quantitative estimate of drug-likeness (QED) is 0.0452. The Balaban J connectivity index is 1.35. The summed E-state index contributed by atoms with van der Waals surface area (Å²) in [7, 11) is 0. The fraction of sp³-hybridized carbons (Fsp3) is 0. The van der Waals surface area contributed by atoms with E-state index in [1.807, 2.05) is 42.5 Å². The number of rotatable bonds is 4. The first-order valence-corrected chi connectivity index (χ1v) is 17.3. The molecule has 0 bridgehead atoms. The Morgan fingerprint density at radius 1 is 0.241 bits per heavy atom. The van der Waals surface area contributed by atoms with Crippen molar-refractivity contribution in [3.8, 4) is 119 Å². The molecule has 0 atom stereocenters. The molecule has 14 heteroatoms. The van der Waals surface area contributed by atoms with Gasteiger partial charge in [-0.15, -0.1) is 0 Å². The van der Waals surface area contributed by atoms with Gasteiger partial charge in [-0.05, 0) is 50.9 Å². The highest BCUT2D eigenvalue weighted by atomic mass is 16.4. The van der Waals surface area contributed by atoms with Crippen LogP contribution in [-0.4, -0.2) is 66.4 Å². The summed E-state index contributed by atoms with van der Waals surface area (Å²) in [5.74, 6) is -18.0. The molecule has 9 rings (SSSR count). The molecule has 0 aliphatic rings. The number of para-hydroxylation sites is 1. The first kappa shape index (κ1) is 35.2. The Morgan fingerprint density at radius 2 is 0.552 bits per heavy atom. The number of fused-ring (bicyclic) bond motifs is 5. The predicted molar refractivity (Wildman–Crippen MR) is 212 cm³/mol. The summed E-state index contributed by atoms with van der Waals surface area (Å²) in [6.45, 7) is 0. The van der Waals surface area contributed by atoms with Gasteiger partial charge in [0, 0.05) is 27.5 Å². The van der Waals surface area contributed by atoms with Crippen LogP contribution in [0.2, 0.25) is 0 Å². The monoisotopic (exact) mass is 780 g/mol. The molecular formula is C44H28O14. The fourth-order valence-corrected chi connectivity index (χ4v) is 7.87. The lowest BCUT2D eigenvalue weighted by molar-refractivity contribution is 0.329. The number of hydrogen-bond donors (Lipinski definition) is 13. The van der Waals surface area contributed by atoms with Crippen LogP contribution in [0, 0.1) is 0 Å². The van der Waals surface area contributed by atoms with E-state index in [1.165, 1.54) is 0 Å². The van der Waals surface area contributed by atoms with E-state index in [0.29, 0.717) is 32.7 Å². The van der Waals surface area contributed by atoms with Gasteiger partial charge in [0.05, 0.1) is 16.7 Å². The lowest BCUT2D eigenvalue weighted by atomic mass is 9.83. The molecule has 0 aliphatic carbocycles. The van der Waals surface area contributed by atoms with E-state index in [4.69, 9.17) is 4.42 Å². The van der Waals surface area contributed by atoms with Crippen molar-refractivity contribution < 1.29 is 70.8 Å². The first-order valence-electron chi connectivity index (χ1n) is 17.3. The molecule has 0 unspecified atom stereocenters. The SMILES string of the molecule is Oc1c(O)c(O)c(-c2c(O)c(O)c(O)c(O)c2-c2c(O)c(O)c(-c3c4ccccc4c(-c4ccc5c(c4)oc4ccccc45)c4ccccc34)c(O)c2O)c(O)c1O. The average Bonchev–Trinajstić information content (AvgIpc) is 3.61. The Hall–Kier alpha value is -8.52. The molecule has 288 valence electrons. The molecule has 0 radical (unpaired) electrons. The molecule has 0 aliphatic heterocycles. The number of hydrogen-bond acceptors (Lipinski definition) is 14. The molecule has 8 aromatic carbocycles. The van der Waals surface area contributed by atoms with Crippen molar-refractivity contribution in [2.45, 2.75) is 0 Å². The van der Waals surface area contributed by atoms with Crippen LogP contribution in [0.3, 0.4) is 0 Å². The summed E-state index contributed by atoms with van der Waals surface area (Å²) in [5.41, 5.74) is -2.22. The van der Waals surface area contributed by atoms with Crippen molar-refractivity contribution in [2.24, 2.45) is 0 Å². The van der Waals surface area contributed by atoms with Crippen LogP contribution in [0.1, 0.15) is 0 Å². The molecule has 0 spiro atoms. The Bertz CT molecular complexity index is 3160. The molecular weight excluding hydrogens is 752 g/mol. The highest BCUT2D eigenvalue weighted by Crippen LogP contribution is 2.66. The fourth-order valence-electron chi connectivity index (χ4n) is 7.87. The minimum absolute atomic E-state index is 0.122. The van der Waals surface area contributed by atoms with Crippen molar-refractivity contribution in [1.29, 1.82) is 0 Å². The lowest BCUT2D eigenvalue weighted by Crippen LogP contribution is -1.95. The van der Waals surface area contributed by atoms with E-state index in [0.717, 1.165) is 21.9 Å². The first-order chi connectivity index (χ1) is 27.7. The van der Waals surface area contributed by atoms with Gasteiger partial charge in [-0.2, -0.15) is 0 Å². The topological polar surface area (TPSA) is 276 Å². The van der Waals surface area contributed by atoms with Gasteiger partial charge in [0.15, 0.2) is 46.0 Å². The second kappa shape index (κ2) is 12.2. The van der Waals surface area contributed by atoms with Crippen molar-refractivity contribution in [1.82, 2.24) is 0 Å². The molecule has 1 heterocycles. The standard InChI is InChI=1S/C44H28O14/c45-32-27(28(33(46)41(54)40(32)53)31-38(51)42(55)44(57)43(56)39(31)52)30-36(49)34(47)29(35(48)37(30)50)26-21-10-3-1-8-19(21)25(20-9-2-4-11-22(20)26)16-13-14-18-17-7-5-6-12-23(17)58-24(18)15-16/h1-15,45-57H. The van der Waals surface area contributed by atoms with Gasteiger partial charge in [-0.25, -0.2) is 0 Å². The Morgan fingerprint density at radius 3 is 1.00 bits per heavy atom. The maximum atomic E-state index is 11.9. The average molecular weight is 781 g/mol. The highest BCUT2D eigenvalue weighted by molar-refractivity contribution is 6.23.